The van der Waals surface area contributed by atoms with Crippen molar-refractivity contribution in [3.05, 3.63) is 52.5 Å². The first-order valence-electron chi connectivity index (χ1n) is 8.22. The summed E-state index contributed by atoms with van der Waals surface area (Å²) >= 11 is 5.97. The summed E-state index contributed by atoms with van der Waals surface area (Å²) in [5.41, 5.74) is 0.866. The van der Waals surface area contributed by atoms with Crippen molar-refractivity contribution >= 4 is 29.6 Å². The maximum absolute atomic E-state index is 13.5. The first kappa shape index (κ1) is 17.7. The van der Waals surface area contributed by atoms with Gasteiger partial charge in [-0.15, -0.1) is 5.10 Å². The fourth-order valence-corrected chi connectivity index (χ4v) is 3.17. The molecule has 0 spiro atoms. The molecule has 0 saturated carbocycles. The molecule has 3 nitrogen and oxygen atoms in total. The lowest BCUT2D eigenvalue weighted by Gasteiger charge is -2.31. The lowest BCUT2D eigenvalue weighted by molar-refractivity contribution is -0.0221. The quantitative estimate of drug-likeness (QED) is 0.831. The van der Waals surface area contributed by atoms with Crippen molar-refractivity contribution in [3.8, 4) is 5.69 Å². The number of alkyl halides is 2. The Bertz CT molecular complexity index is 875. The Labute approximate surface area is 150 Å². The van der Waals surface area contributed by atoms with Gasteiger partial charge in [0.15, 0.2) is 5.82 Å². The zero-order valence-electron chi connectivity index (χ0n) is 14.1. The summed E-state index contributed by atoms with van der Waals surface area (Å²) in [5.74, 6) is -1.88. The fraction of sp³-hybridized carbons (Fsp3) is 0.316. The Hall–Kier alpha value is -2.14. The Morgan fingerprint density at radius 2 is 1.84 bits per heavy atom. The molecule has 1 aromatic heterocycles. The minimum atomic E-state index is -2.59. The molecule has 1 aromatic carbocycles. The van der Waals surface area contributed by atoms with Crippen molar-refractivity contribution in [3.63, 3.8) is 0 Å². The van der Waals surface area contributed by atoms with E-state index in [1.807, 2.05) is 40.8 Å². The molecule has 0 aliphatic carbocycles. The number of benzene rings is 1. The average Bonchev–Trinajstić information content (AvgIpc) is 2.94. The topological polar surface area (TPSA) is 21.1 Å². The number of rotatable bonds is 3. The molecule has 6 heteroatoms. The van der Waals surface area contributed by atoms with Crippen LogP contribution in [-0.2, 0) is 0 Å². The highest BCUT2D eigenvalue weighted by Gasteiger charge is 2.35. The molecule has 25 heavy (non-hydrogen) atoms. The second-order valence-electron chi connectivity index (χ2n) is 6.04. The molecule has 0 bridgehead atoms. The Morgan fingerprint density at radius 3 is 2.40 bits per heavy atom. The van der Waals surface area contributed by atoms with E-state index in [2.05, 4.69) is 6.58 Å². The summed E-state index contributed by atoms with van der Waals surface area (Å²) in [6, 6.07) is 7.37. The van der Waals surface area contributed by atoms with Gasteiger partial charge < -0.3 is 4.90 Å². The normalized spacial score (nSPS) is 18.6. The van der Waals surface area contributed by atoms with Crippen LogP contribution in [0, 0.1) is 0 Å². The van der Waals surface area contributed by atoms with E-state index in [1.54, 1.807) is 18.2 Å². The van der Waals surface area contributed by atoms with Gasteiger partial charge in [0.25, 0.3) is 5.92 Å². The number of halogens is 3. The van der Waals surface area contributed by atoms with Crippen molar-refractivity contribution in [2.45, 2.75) is 25.7 Å². The third-order valence-corrected chi connectivity index (χ3v) is 4.62. The molecule has 0 unspecified atom stereocenters. The van der Waals surface area contributed by atoms with Gasteiger partial charge in [0.1, 0.15) is 0 Å². The smallest absolute Gasteiger partial charge is 0.251 e. The highest BCUT2D eigenvalue weighted by atomic mass is 35.5. The van der Waals surface area contributed by atoms with Crippen LogP contribution in [0.25, 0.3) is 17.8 Å². The molecule has 1 aliphatic rings. The van der Waals surface area contributed by atoms with E-state index >= 15 is 0 Å². The van der Waals surface area contributed by atoms with Gasteiger partial charge in [0, 0.05) is 36.2 Å². The summed E-state index contributed by atoms with van der Waals surface area (Å²) < 4.78 is 28.8. The van der Waals surface area contributed by atoms with Crippen molar-refractivity contribution in [2.75, 3.05) is 18.0 Å². The molecule has 3 rings (SSSR count). The highest BCUT2D eigenvalue weighted by molar-refractivity contribution is 6.30. The predicted octanol–water partition coefficient (Wildman–Crippen LogP) is 3.53. The van der Waals surface area contributed by atoms with Crippen LogP contribution in [0.3, 0.4) is 0 Å². The van der Waals surface area contributed by atoms with Gasteiger partial charge in [-0.1, -0.05) is 30.3 Å². The zero-order chi connectivity index (χ0) is 18.0. The number of anilines is 1. The van der Waals surface area contributed by atoms with Gasteiger partial charge >= 0.3 is 0 Å². The molecule has 0 radical (unpaired) electrons. The Morgan fingerprint density at radius 1 is 1.20 bits per heavy atom. The lowest BCUT2D eigenvalue weighted by atomic mass is 10.1. The van der Waals surface area contributed by atoms with E-state index < -0.39 is 5.92 Å². The molecule has 132 valence electrons. The van der Waals surface area contributed by atoms with Gasteiger partial charge in [-0.2, -0.15) is 0 Å². The van der Waals surface area contributed by atoms with E-state index in [0.717, 1.165) is 16.3 Å². The summed E-state index contributed by atoms with van der Waals surface area (Å²) in [5, 5.41) is 7.15. The summed E-state index contributed by atoms with van der Waals surface area (Å²) in [4.78, 5) is 1.92. The van der Waals surface area contributed by atoms with Gasteiger partial charge in [-0.05, 0) is 37.3 Å². The number of hydrogen-bond acceptors (Lipinski definition) is 2. The third-order valence-electron chi connectivity index (χ3n) is 4.36. The standard InChI is InChI=1S/C19H20ClF2N3/c1-3-5-16-17(4-2)25(15-8-6-14(20)7-9-15)23-18(16)24-12-10-19(21,22)11-13-24/h3-9H,1,10-13H2,2H3/b16-5+,17-4+. The van der Waals surface area contributed by atoms with Crippen LogP contribution < -0.4 is 15.5 Å². The van der Waals surface area contributed by atoms with Gasteiger partial charge in [-0.25, -0.2) is 13.5 Å². The lowest BCUT2D eigenvalue weighted by Crippen LogP contribution is -2.42. The maximum atomic E-state index is 13.5. The predicted molar refractivity (Wildman–Crippen MR) is 99.0 cm³/mol. The first-order chi connectivity index (χ1) is 11.9. The summed E-state index contributed by atoms with van der Waals surface area (Å²) in [6.45, 7) is 6.27. The van der Waals surface area contributed by atoms with Crippen LogP contribution in [0.2, 0.25) is 5.02 Å². The van der Waals surface area contributed by atoms with Crippen molar-refractivity contribution < 1.29 is 8.78 Å². The minimum absolute atomic E-state index is 0.153. The molecular weight excluding hydrogens is 344 g/mol. The Kier molecular flexibility index (Phi) is 4.95. The molecule has 1 aliphatic heterocycles. The first-order valence-corrected chi connectivity index (χ1v) is 8.60. The van der Waals surface area contributed by atoms with E-state index in [1.165, 1.54) is 0 Å². The van der Waals surface area contributed by atoms with E-state index in [4.69, 9.17) is 16.7 Å². The fourth-order valence-electron chi connectivity index (χ4n) is 3.05. The van der Waals surface area contributed by atoms with E-state index in [9.17, 15) is 8.78 Å². The third kappa shape index (κ3) is 3.61. The molecule has 0 amide bonds. The number of aromatic nitrogens is 2. The van der Waals surface area contributed by atoms with Crippen LogP contribution in [-0.4, -0.2) is 28.8 Å². The number of allylic oxidation sites excluding steroid dienone is 1. The van der Waals surface area contributed by atoms with E-state index in [-0.39, 0.29) is 25.9 Å². The van der Waals surface area contributed by atoms with Crippen molar-refractivity contribution in [1.29, 1.82) is 0 Å². The molecule has 2 aromatic rings. The van der Waals surface area contributed by atoms with Gasteiger partial charge in [0.2, 0.25) is 0 Å². The van der Waals surface area contributed by atoms with Crippen molar-refractivity contribution in [1.82, 2.24) is 9.78 Å². The van der Waals surface area contributed by atoms with Crippen LogP contribution in [0.1, 0.15) is 19.8 Å². The van der Waals surface area contributed by atoms with Crippen LogP contribution in [0.4, 0.5) is 14.6 Å². The Balaban J connectivity index is 2.12. The maximum Gasteiger partial charge on any atom is 0.251 e. The molecule has 2 heterocycles. The molecule has 1 saturated heterocycles. The SMILES string of the molecule is C=C/C=c1/c(N2CCC(F)(F)CC2)nn(-c2ccc(Cl)cc2)/c1=C/C. The second kappa shape index (κ2) is 7.00. The van der Waals surface area contributed by atoms with Crippen LogP contribution in [0.5, 0.6) is 0 Å². The largest absolute Gasteiger partial charge is 0.354 e. The van der Waals surface area contributed by atoms with E-state index in [0.29, 0.717) is 10.8 Å². The molecule has 1 fully saturated rings. The summed E-state index contributed by atoms with van der Waals surface area (Å²) in [6.07, 6.45) is 5.22. The van der Waals surface area contributed by atoms with Crippen LogP contribution in [0.15, 0.2) is 36.9 Å². The van der Waals surface area contributed by atoms with Crippen LogP contribution >= 0.6 is 11.6 Å². The molecular formula is C19H20ClF2N3. The molecule has 0 N–H and O–H groups in total. The van der Waals surface area contributed by atoms with Gasteiger partial charge in [0.05, 0.1) is 11.0 Å². The number of piperidine rings is 1. The number of nitrogens with zero attached hydrogens (tertiary/aromatic N) is 3. The minimum Gasteiger partial charge on any atom is -0.354 e. The monoisotopic (exact) mass is 363 g/mol. The number of hydrogen-bond donors (Lipinski definition) is 0. The highest BCUT2D eigenvalue weighted by Crippen LogP contribution is 2.28. The second-order valence-corrected chi connectivity index (χ2v) is 6.48. The molecule has 0 atom stereocenters. The summed E-state index contributed by atoms with van der Waals surface area (Å²) in [7, 11) is 0. The average molecular weight is 364 g/mol. The zero-order valence-corrected chi connectivity index (χ0v) is 14.8. The van der Waals surface area contributed by atoms with Crippen molar-refractivity contribution in [2.24, 2.45) is 0 Å². The van der Waals surface area contributed by atoms with Gasteiger partial charge in [-0.3, -0.25) is 0 Å².